The van der Waals surface area contributed by atoms with Gasteiger partial charge in [-0.05, 0) is 32.2 Å². The van der Waals surface area contributed by atoms with Crippen LogP contribution < -0.4 is 11.1 Å². The second-order valence-electron chi connectivity index (χ2n) is 4.51. The van der Waals surface area contributed by atoms with Crippen molar-refractivity contribution in [1.82, 2.24) is 5.32 Å². The number of rotatable bonds is 4. The summed E-state index contributed by atoms with van der Waals surface area (Å²) in [6.07, 6.45) is 2.00. The zero-order valence-corrected chi connectivity index (χ0v) is 12.8. The lowest BCUT2D eigenvalue weighted by Crippen LogP contribution is -2.36. The summed E-state index contributed by atoms with van der Waals surface area (Å²) in [5, 5.41) is 3.41. The largest absolute Gasteiger partial charge is 0.397 e. The summed E-state index contributed by atoms with van der Waals surface area (Å²) >= 11 is 13.4. The van der Waals surface area contributed by atoms with Crippen molar-refractivity contribution in [3.05, 3.63) is 27.7 Å². The molecule has 1 amide bonds. The Kier molecular flexibility index (Phi) is 5.20. The van der Waals surface area contributed by atoms with E-state index in [0.717, 1.165) is 0 Å². The van der Waals surface area contributed by atoms with E-state index in [2.05, 4.69) is 19.2 Å². The molecule has 1 rings (SSSR count). The predicted molar refractivity (Wildman–Crippen MR) is 80.8 cm³/mol. The highest BCUT2D eigenvalue weighted by Crippen LogP contribution is 2.29. The molecule has 0 aliphatic carbocycles. The highest BCUT2D eigenvalue weighted by molar-refractivity contribution is 7.99. The van der Waals surface area contributed by atoms with E-state index >= 15 is 0 Å². The highest BCUT2D eigenvalue weighted by atomic mass is 35.5. The van der Waals surface area contributed by atoms with E-state index in [1.165, 1.54) is 12.1 Å². The maximum atomic E-state index is 11.9. The summed E-state index contributed by atoms with van der Waals surface area (Å²) in [6, 6.07) is 3.04. The summed E-state index contributed by atoms with van der Waals surface area (Å²) < 4.78 is -0.0164. The third-order valence-corrected chi connectivity index (χ3v) is 4.61. The fraction of sp³-hybridized carbons (Fsp3) is 0.417. The number of nitrogen functional groups attached to an aromatic ring is 1. The minimum absolute atomic E-state index is 0.0164. The molecule has 18 heavy (non-hydrogen) atoms. The molecule has 100 valence electrons. The van der Waals surface area contributed by atoms with Crippen molar-refractivity contribution in [2.24, 2.45) is 0 Å². The molecular formula is C12H16Cl2N2OS. The van der Waals surface area contributed by atoms with E-state index in [9.17, 15) is 4.79 Å². The number of anilines is 1. The molecule has 0 atom stereocenters. The zero-order chi connectivity index (χ0) is 13.9. The number of nitrogens with two attached hydrogens (primary N) is 1. The third kappa shape index (κ3) is 3.97. The predicted octanol–water partition coefficient (Wildman–Crippen LogP) is 3.45. The molecule has 3 N–H and O–H groups in total. The molecule has 3 nitrogen and oxygen atoms in total. The maximum absolute atomic E-state index is 11.9. The van der Waals surface area contributed by atoms with Crippen LogP contribution >= 0.6 is 35.0 Å². The van der Waals surface area contributed by atoms with Crippen LogP contribution in [-0.4, -0.2) is 23.5 Å². The first-order chi connectivity index (χ1) is 8.26. The quantitative estimate of drug-likeness (QED) is 0.838. The van der Waals surface area contributed by atoms with Crippen LogP contribution in [0.1, 0.15) is 24.2 Å². The first-order valence-electron chi connectivity index (χ1n) is 5.34. The Morgan fingerprint density at radius 2 is 2.06 bits per heavy atom. The summed E-state index contributed by atoms with van der Waals surface area (Å²) in [5.74, 6) is -0.206. The molecule has 0 saturated heterocycles. The van der Waals surface area contributed by atoms with E-state index in [-0.39, 0.29) is 20.7 Å². The van der Waals surface area contributed by atoms with Gasteiger partial charge in [0.05, 0.1) is 15.7 Å². The van der Waals surface area contributed by atoms with Gasteiger partial charge in [0.2, 0.25) is 0 Å². The van der Waals surface area contributed by atoms with Gasteiger partial charge in [0, 0.05) is 16.9 Å². The maximum Gasteiger partial charge on any atom is 0.251 e. The Balaban J connectivity index is 2.80. The highest BCUT2D eigenvalue weighted by Gasteiger charge is 2.18. The standard InChI is InChI=1S/C12H16Cl2N2OS/c1-12(2,18-3)6-16-11(17)7-4-8(13)10(14)9(15)5-7/h4-5H,6,15H2,1-3H3,(H,16,17). The van der Waals surface area contributed by atoms with Crippen molar-refractivity contribution in [2.45, 2.75) is 18.6 Å². The lowest BCUT2D eigenvalue weighted by molar-refractivity contribution is 0.0951. The number of hydrogen-bond acceptors (Lipinski definition) is 3. The minimum Gasteiger partial charge on any atom is -0.397 e. The molecule has 0 aliphatic heterocycles. The molecule has 0 saturated carbocycles. The fourth-order valence-electron chi connectivity index (χ4n) is 1.21. The van der Waals surface area contributed by atoms with Crippen molar-refractivity contribution >= 4 is 46.6 Å². The molecule has 1 aromatic rings. The number of thioether (sulfide) groups is 1. The van der Waals surface area contributed by atoms with Gasteiger partial charge < -0.3 is 11.1 Å². The van der Waals surface area contributed by atoms with Crippen LogP contribution in [0.4, 0.5) is 5.69 Å². The number of halogens is 2. The molecule has 0 radical (unpaired) electrons. The average Bonchev–Trinajstić information content (AvgIpc) is 2.32. The number of carbonyl (C=O) groups excluding carboxylic acids is 1. The second kappa shape index (κ2) is 6.04. The molecule has 0 fully saturated rings. The van der Waals surface area contributed by atoms with Crippen molar-refractivity contribution in [1.29, 1.82) is 0 Å². The first-order valence-corrected chi connectivity index (χ1v) is 7.33. The molecule has 0 bridgehead atoms. The Morgan fingerprint density at radius 3 is 2.56 bits per heavy atom. The molecule has 0 unspecified atom stereocenters. The van der Waals surface area contributed by atoms with E-state index in [1.54, 1.807) is 11.8 Å². The van der Waals surface area contributed by atoms with Crippen molar-refractivity contribution < 1.29 is 4.79 Å². The van der Waals surface area contributed by atoms with Gasteiger partial charge in [0.25, 0.3) is 5.91 Å². The van der Waals surface area contributed by atoms with Crippen molar-refractivity contribution in [3.8, 4) is 0 Å². The van der Waals surface area contributed by atoms with E-state index in [0.29, 0.717) is 17.8 Å². The fourth-order valence-corrected chi connectivity index (χ4v) is 1.76. The zero-order valence-electron chi connectivity index (χ0n) is 10.5. The van der Waals surface area contributed by atoms with Crippen molar-refractivity contribution in [2.75, 3.05) is 18.5 Å². The average molecular weight is 307 g/mol. The minimum atomic E-state index is -0.206. The third-order valence-electron chi connectivity index (χ3n) is 2.55. The Hall–Kier alpha value is -0.580. The van der Waals surface area contributed by atoms with Crippen LogP contribution in [0.3, 0.4) is 0 Å². The summed E-state index contributed by atoms with van der Waals surface area (Å²) in [4.78, 5) is 11.9. The second-order valence-corrected chi connectivity index (χ2v) is 6.81. The molecule has 0 spiro atoms. The van der Waals surface area contributed by atoms with Gasteiger partial charge in [-0.2, -0.15) is 11.8 Å². The summed E-state index contributed by atoms with van der Waals surface area (Å²) in [7, 11) is 0. The number of benzene rings is 1. The van der Waals surface area contributed by atoms with Gasteiger partial charge in [-0.15, -0.1) is 0 Å². The van der Waals surface area contributed by atoms with Crippen LogP contribution in [0.2, 0.25) is 10.0 Å². The molecule has 0 aromatic heterocycles. The van der Waals surface area contributed by atoms with Crippen LogP contribution in [0.5, 0.6) is 0 Å². The number of amides is 1. The van der Waals surface area contributed by atoms with Gasteiger partial charge in [-0.25, -0.2) is 0 Å². The monoisotopic (exact) mass is 306 g/mol. The summed E-state index contributed by atoms with van der Waals surface area (Å²) in [5.41, 5.74) is 6.39. The van der Waals surface area contributed by atoms with E-state index in [1.807, 2.05) is 6.26 Å². The Morgan fingerprint density at radius 1 is 1.44 bits per heavy atom. The smallest absolute Gasteiger partial charge is 0.251 e. The van der Waals surface area contributed by atoms with Crippen molar-refractivity contribution in [3.63, 3.8) is 0 Å². The number of carbonyl (C=O) groups is 1. The van der Waals surface area contributed by atoms with E-state index < -0.39 is 0 Å². The van der Waals surface area contributed by atoms with Crippen LogP contribution in [0.25, 0.3) is 0 Å². The SMILES string of the molecule is CSC(C)(C)CNC(=O)c1cc(N)c(Cl)c(Cl)c1. The topological polar surface area (TPSA) is 55.1 Å². The summed E-state index contributed by atoms with van der Waals surface area (Å²) in [6.45, 7) is 4.68. The van der Waals surface area contributed by atoms with Crippen LogP contribution in [-0.2, 0) is 0 Å². The molecule has 0 aliphatic rings. The molecule has 0 heterocycles. The van der Waals surface area contributed by atoms with Crippen LogP contribution in [0, 0.1) is 0 Å². The molecular weight excluding hydrogens is 291 g/mol. The Labute approximate surface area is 121 Å². The van der Waals surface area contributed by atoms with Gasteiger partial charge in [0.15, 0.2) is 0 Å². The number of nitrogens with one attached hydrogen (secondary N) is 1. The first kappa shape index (κ1) is 15.5. The van der Waals surface area contributed by atoms with Gasteiger partial charge >= 0.3 is 0 Å². The normalized spacial score (nSPS) is 11.4. The molecule has 6 heteroatoms. The van der Waals surface area contributed by atoms with Gasteiger partial charge in [-0.1, -0.05) is 23.2 Å². The van der Waals surface area contributed by atoms with Crippen LogP contribution in [0.15, 0.2) is 12.1 Å². The lowest BCUT2D eigenvalue weighted by atomic mass is 10.1. The Bertz CT molecular complexity index is 440. The van der Waals surface area contributed by atoms with E-state index in [4.69, 9.17) is 28.9 Å². The van der Waals surface area contributed by atoms with Gasteiger partial charge in [-0.3, -0.25) is 4.79 Å². The lowest BCUT2D eigenvalue weighted by Gasteiger charge is -2.22. The number of hydrogen-bond donors (Lipinski definition) is 2. The van der Waals surface area contributed by atoms with Gasteiger partial charge in [0.1, 0.15) is 0 Å². The molecule has 1 aromatic carbocycles.